The monoisotopic (exact) mass is 476 g/mol. The lowest BCUT2D eigenvalue weighted by Crippen LogP contribution is -2.54. The van der Waals surface area contributed by atoms with Gasteiger partial charge in [0, 0.05) is 55.1 Å². The fourth-order valence-corrected chi connectivity index (χ4v) is 5.01. The van der Waals surface area contributed by atoms with Gasteiger partial charge in [-0.2, -0.15) is 0 Å². The molecule has 0 unspecified atom stereocenters. The number of fused-ring (bicyclic) bond motifs is 2. The van der Waals surface area contributed by atoms with Crippen LogP contribution in [0.5, 0.6) is 0 Å². The van der Waals surface area contributed by atoms with Gasteiger partial charge in [-0.05, 0) is 55.0 Å². The minimum absolute atomic E-state index is 0.0644. The highest BCUT2D eigenvalue weighted by atomic mass is 16.2. The molecule has 2 aromatic heterocycles. The van der Waals surface area contributed by atoms with E-state index in [2.05, 4.69) is 56.4 Å². The fourth-order valence-electron chi connectivity index (χ4n) is 5.01. The molecule has 0 spiro atoms. The number of anilines is 1. The highest BCUT2D eigenvalue weighted by molar-refractivity contribution is 5.90. The van der Waals surface area contributed by atoms with E-state index in [4.69, 9.17) is 0 Å². The zero-order valence-corrected chi connectivity index (χ0v) is 20.2. The van der Waals surface area contributed by atoms with Gasteiger partial charge in [0.2, 0.25) is 0 Å². The lowest BCUT2D eigenvalue weighted by molar-refractivity contribution is 0.104. The molecule has 1 aliphatic rings. The van der Waals surface area contributed by atoms with E-state index < -0.39 is 0 Å². The Hall–Kier alpha value is -4.23. The van der Waals surface area contributed by atoms with Gasteiger partial charge in [0.15, 0.2) is 0 Å². The summed E-state index contributed by atoms with van der Waals surface area (Å²) in [5, 5.41) is 4.22. The minimum Gasteiger partial charge on any atom is -0.338 e. The number of benzene rings is 3. The van der Waals surface area contributed by atoms with Crippen LogP contribution in [0, 0.1) is 0 Å². The largest absolute Gasteiger partial charge is 0.338 e. The highest BCUT2D eigenvalue weighted by Crippen LogP contribution is 2.23. The lowest BCUT2D eigenvalue weighted by atomic mass is 10.1. The molecule has 1 aliphatic heterocycles. The number of pyridine rings is 1. The van der Waals surface area contributed by atoms with Crippen LogP contribution in [-0.4, -0.2) is 56.5 Å². The third kappa shape index (κ3) is 4.41. The molecule has 0 saturated carbocycles. The SMILES string of the molecule is C[C@H]1CN(Cc2cccc3cccnc23)CCN1C(=O)Nc1ccc(-c2nc3ccccc3[nH]2)cc1. The van der Waals surface area contributed by atoms with Crippen LogP contribution in [0.2, 0.25) is 0 Å². The number of carbonyl (C=O) groups is 1. The molecule has 3 aromatic carbocycles. The van der Waals surface area contributed by atoms with E-state index in [1.165, 1.54) is 5.56 Å². The maximum atomic E-state index is 13.1. The van der Waals surface area contributed by atoms with Crippen molar-refractivity contribution in [3.8, 4) is 11.4 Å². The van der Waals surface area contributed by atoms with Crippen LogP contribution in [-0.2, 0) is 6.54 Å². The van der Waals surface area contributed by atoms with Gasteiger partial charge in [-0.25, -0.2) is 9.78 Å². The first kappa shape index (κ1) is 22.2. The van der Waals surface area contributed by atoms with Crippen LogP contribution in [0.15, 0.2) is 85.1 Å². The average molecular weight is 477 g/mol. The van der Waals surface area contributed by atoms with E-state index in [9.17, 15) is 4.79 Å². The number of amides is 2. The molecule has 0 radical (unpaired) electrons. The van der Waals surface area contributed by atoms with Gasteiger partial charge in [0.05, 0.1) is 16.6 Å². The number of imidazole rings is 1. The van der Waals surface area contributed by atoms with Crippen molar-refractivity contribution in [2.75, 3.05) is 25.0 Å². The molecular weight excluding hydrogens is 448 g/mol. The number of urea groups is 1. The average Bonchev–Trinajstić information content (AvgIpc) is 3.34. The summed E-state index contributed by atoms with van der Waals surface area (Å²) in [6.45, 7) is 5.27. The van der Waals surface area contributed by atoms with E-state index in [1.54, 1.807) is 0 Å². The molecule has 7 nitrogen and oxygen atoms in total. The van der Waals surface area contributed by atoms with Gasteiger partial charge in [0.1, 0.15) is 5.82 Å². The fraction of sp³-hybridized carbons (Fsp3) is 0.207. The quantitative estimate of drug-likeness (QED) is 0.358. The van der Waals surface area contributed by atoms with Crippen LogP contribution in [0.1, 0.15) is 12.5 Å². The van der Waals surface area contributed by atoms with Crippen LogP contribution in [0.3, 0.4) is 0 Å². The molecule has 1 atom stereocenters. The van der Waals surface area contributed by atoms with Gasteiger partial charge in [-0.15, -0.1) is 0 Å². The van der Waals surface area contributed by atoms with Crippen molar-refractivity contribution in [2.24, 2.45) is 0 Å². The first-order valence-electron chi connectivity index (χ1n) is 12.3. The van der Waals surface area contributed by atoms with Crippen molar-refractivity contribution in [1.82, 2.24) is 24.8 Å². The Morgan fingerprint density at radius 3 is 2.67 bits per heavy atom. The molecule has 180 valence electrons. The molecule has 2 N–H and O–H groups in total. The van der Waals surface area contributed by atoms with Crippen molar-refractivity contribution in [3.05, 3.63) is 90.6 Å². The first-order chi connectivity index (χ1) is 17.6. The number of H-pyrrole nitrogens is 1. The lowest BCUT2D eigenvalue weighted by Gasteiger charge is -2.39. The van der Waals surface area contributed by atoms with E-state index >= 15 is 0 Å². The third-order valence-corrected chi connectivity index (χ3v) is 6.88. The predicted octanol–water partition coefficient (Wildman–Crippen LogP) is 5.52. The van der Waals surface area contributed by atoms with Crippen LogP contribution in [0.25, 0.3) is 33.3 Å². The summed E-state index contributed by atoms with van der Waals surface area (Å²) in [5.74, 6) is 0.820. The van der Waals surface area contributed by atoms with Gasteiger partial charge >= 0.3 is 6.03 Å². The van der Waals surface area contributed by atoms with E-state index in [0.29, 0.717) is 6.54 Å². The molecule has 7 heteroatoms. The maximum absolute atomic E-state index is 13.1. The number of aromatic amines is 1. The number of nitrogens with one attached hydrogen (secondary N) is 2. The number of aromatic nitrogens is 3. The van der Waals surface area contributed by atoms with Crippen molar-refractivity contribution in [3.63, 3.8) is 0 Å². The van der Waals surface area contributed by atoms with Crippen molar-refractivity contribution in [2.45, 2.75) is 19.5 Å². The molecule has 2 amide bonds. The second-order valence-corrected chi connectivity index (χ2v) is 9.38. The van der Waals surface area contributed by atoms with Gasteiger partial charge in [-0.1, -0.05) is 36.4 Å². The normalized spacial score (nSPS) is 16.5. The number of hydrogen-bond acceptors (Lipinski definition) is 4. The topological polar surface area (TPSA) is 77.2 Å². The Bertz CT molecular complexity index is 1490. The molecule has 1 saturated heterocycles. The summed E-state index contributed by atoms with van der Waals surface area (Å²) in [4.78, 5) is 30.0. The molecule has 0 bridgehead atoms. The molecule has 1 fully saturated rings. The summed E-state index contributed by atoms with van der Waals surface area (Å²) < 4.78 is 0. The van der Waals surface area contributed by atoms with Crippen molar-refractivity contribution in [1.29, 1.82) is 0 Å². The van der Waals surface area contributed by atoms with E-state index in [-0.39, 0.29) is 12.1 Å². The summed E-state index contributed by atoms with van der Waals surface area (Å²) in [7, 11) is 0. The molecule has 5 aromatic rings. The zero-order chi connectivity index (χ0) is 24.5. The second-order valence-electron chi connectivity index (χ2n) is 9.38. The van der Waals surface area contributed by atoms with Gasteiger partial charge in [0.25, 0.3) is 0 Å². The van der Waals surface area contributed by atoms with E-state index in [0.717, 1.165) is 58.6 Å². The van der Waals surface area contributed by atoms with Gasteiger partial charge in [-0.3, -0.25) is 9.88 Å². The van der Waals surface area contributed by atoms with Crippen LogP contribution >= 0.6 is 0 Å². The second kappa shape index (κ2) is 9.43. The number of para-hydroxylation sites is 3. The maximum Gasteiger partial charge on any atom is 0.322 e. The molecule has 0 aliphatic carbocycles. The molecular formula is C29H28N6O. The Balaban J connectivity index is 1.08. The third-order valence-electron chi connectivity index (χ3n) is 6.88. The summed E-state index contributed by atoms with van der Waals surface area (Å²) in [6, 6.07) is 26.2. The predicted molar refractivity (Wildman–Crippen MR) is 144 cm³/mol. The Kier molecular flexibility index (Phi) is 5.83. The van der Waals surface area contributed by atoms with Crippen LogP contribution < -0.4 is 5.32 Å². The van der Waals surface area contributed by atoms with Crippen molar-refractivity contribution < 1.29 is 4.79 Å². The zero-order valence-electron chi connectivity index (χ0n) is 20.2. The Labute approximate surface area is 209 Å². The highest BCUT2D eigenvalue weighted by Gasteiger charge is 2.27. The summed E-state index contributed by atoms with van der Waals surface area (Å²) in [6.07, 6.45) is 1.85. The number of rotatable bonds is 4. The smallest absolute Gasteiger partial charge is 0.322 e. The number of hydrogen-bond donors (Lipinski definition) is 2. The van der Waals surface area contributed by atoms with Gasteiger partial charge < -0.3 is 15.2 Å². The molecule has 6 rings (SSSR count). The molecule has 3 heterocycles. The standard InChI is InChI=1S/C29H28N6O/c1-20-18-34(19-23-7-4-6-21-8-5-15-30-27(21)23)16-17-35(20)29(36)31-24-13-11-22(12-14-24)28-32-25-9-2-3-10-26(25)33-28/h2-15,20H,16-19H2,1H3,(H,31,36)(H,32,33)/t20-/m0/s1. The number of nitrogens with zero attached hydrogens (tertiary/aromatic N) is 4. The number of carbonyl (C=O) groups excluding carboxylic acids is 1. The summed E-state index contributed by atoms with van der Waals surface area (Å²) in [5.41, 5.74) is 5.98. The summed E-state index contributed by atoms with van der Waals surface area (Å²) >= 11 is 0. The number of piperazine rings is 1. The van der Waals surface area contributed by atoms with Crippen LogP contribution in [0.4, 0.5) is 10.5 Å². The van der Waals surface area contributed by atoms with Crippen molar-refractivity contribution >= 4 is 33.7 Å². The Morgan fingerprint density at radius 2 is 1.83 bits per heavy atom. The van der Waals surface area contributed by atoms with E-state index in [1.807, 2.05) is 65.7 Å². The molecule has 36 heavy (non-hydrogen) atoms. The first-order valence-corrected chi connectivity index (χ1v) is 12.3. The Morgan fingerprint density at radius 1 is 1.00 bits per heavy atom. The minimum atomic E-state index is -0.0644.